The molecule has 2 aromatic rings. The first-order valence-electron chi connectivity index (χ1n) is 6.72. The van der Waals surface area contributed by atoms with Gasteiger partial charge < -0.3 is 10.1 Å². The Morgan fingerprint density at radius 3 is 2.95 bits per heavy atom. The van der Waals surface area contributed by atoms with Crippen molar-refractivity contribution in [2.75, 3.05) is 20.2 Å². The minimum atomic E-state index is 0.838. The van der Waals surface area contributed by atoms with E-state index >= 15 is 0 Å². The van der Waals surface area contributed by atoms with E-state index in [1.54, 1.807) is 7.11 Å². The molecule has 0 aliphatic carbocycles. The van der Waals surface area contributed by atoms with Crippen molar-refractivity contribution in [1.82, 2.24) is 15.1 Å². The van der Waals surface area contributed by atoms with Crippen LogP contribution in [-0.2, 0) is 6.42 Å². The molecule has 0 saturated carbocycles. The number of para-hydroxylation sites is 2. The number of aryl methyl sites for hydroxylation is 1. The summed E-state index contributed by atoms with van der Waals surface area (Å²) in [5, 5.41) is 7.74. The molecule has 102 valence electrons. The fraction of sp³-hybridized carbons (Fsp3) is 0.400. The average molecular weight is 259 g/mol. The number of aromatic nitrogens is 2. The Bertz CT molecular complexity index is 508. The predicted octanol–water partition coefficient (Wildman–Crippen LogP) is 2.42. The van der Waals surface area contributed by atoms with Gasteiger partial charge in [0.2, 0.25) is 0 Å². The zero-order valence-corrected chi connectivity index (χ0v) is 11.6. The van der Waals surface area contributed by atoms with E-state index < -0.39 is 0 Å². The average Bonchev–Trinajstić information content (AvgIpc) is 2.92. The minimum absolute atomic E-state index is 0.838. The predicted molar refractivity (Wildman–Crippen MR) is 77.0 cm³/mol. The summed E-state index contributed by atoms with van der Waals surface area (Å²) in [6.45, 7) is 4.20. The quantitative estimate of drug-likeness (QED) is 0.776. The number of benzene rings is 1. The highest BCUT2D eigenvalue weighted by Crippen LogP contribution is 2.21. The Hall–Kier alpha value is -1.81. The van der Waals surface area contributed by atoms with Gasteiger partial charge in [0.25, 0.3) is 0 Å². The van der Waals surface area contributed by atoms with E-state index in [2.05, 4.69) is 23.5 Å². The lowest BCUT2D eigenvalue weighted by Crippen LogP contribution is -2.14. The molecular formula is C15H21N3O. The number of nitrogens with one attached hydrogen (secondary N) is 1. The minimum Gasteiger partial charge on any atom is -0.494 e. The van der Waals surface area contributed by atoms with Crippen molar-refractivity contribution in [2.45, 2.75) is 19.8 Å². The van der Waals surface area contributed by atoms with E-state index in [4.69, 9.17) is 4.74 Å². The first-order chi connectivity index (χ1) is 9.35. The van der Waals surface area contributed by atoms with Gasteiger partial charge in [-0.2, -0.15) is 5.10 Å². The molecule has 0 aliphatic heterocycles. The summed E-state index contributed by atoms with van der Waals surface area (Å²) < 4.78 is 7.23. The van der Waals surface area contributed by atoms with Gasteiger partial charge in [0, 0.05) is 6.20 Å². The number of methoxy groups -OCH3 is 1. The third-order valence-corrected chi connectivity index (χ3v) is 3.04. The largest absolute Gasteiger partial charge is 0.494 e. The van der Waals surface area contributed by atoms with Crippen LogP contribution in [0.25, 0.3) is 5.69 Å². The normalized spacial score (nSPS) is 10.6. The summed E-state index contributed by atoms with van der Waals surface area (Å²) in [4.78, 5) is 0. The lowest BCUT2D eigenvalue weighted by Gasteiger charge is -2.07. The van der Waals surface area contributed by atoms with Crippen LogP contribution in [0.5, 0.6) is 5.75 Å². The summed E-state index contributed by atoms with van der Waals surface area (Å²) in [6, 6.07) is 7.91. The second kappa shape index (κ2) is 6.95. The standard InChI is InChI=1S/C15H21N3O/c1-3-16-10-6-7-13-11-17-18(12-13)14-8-4-5-9-15(14)19-2/h4-5,8-9,11-12,16H,3,6-7,10H2,1-2H3. The highest BCUT2D eigenvalue weighted by molar-refractivity contribution is 5.46. The number of hydrogen-bond acceptors (Lipinski definition) is 3. The van der Waals surface area contributed by atoms with Crippen LogP contribution in [0.15, 0.2) is 36.7 Å². The first kappa shape index (κ1) is 13.6. The molecule has 1 N–H and O–H groups in total. The summed E-state index contributed by atoms with van der Waals surface area (Å²) in [7, 11) is 1.68. The van der Waals surface area contributed by atoms with Crippen molar-refractivity contribution < 1.29 is 4.74 Å². The van der Waals surface area contributed by atoms with Crippen molar-refractivity contribution in [3.8, 4) is 11.4 Å². The fourth-order valence-corrected chi connectivity index (χ4v) is 2.03. The van der Waals surface area contributed by atoms with Gasteiger partial charge in [-0.1, -0.05) is 19.1 Å². The lowest BCUT2D eigenvalue weighted by molar-refractivity contribution is 0.411. The molecule has 0 radical (unpaired) electrons. The van der Waals surface area contributed by atoms with E-state index in [-0.39, 0.29) is 0 Å². The van der Waals surface area contributed by atoms with Gasteiger partial charge in [0.05, 0.1) is 13.3 Å². The molecule has 4 nitrogen and oxygen atoms in total. The molecule has 0 saturated heterocycles. The highest BCUT2D eigenvalue weighted by Gasteiger charge is 2.06. The van der Waals surface area contributed by atoms with Crippen LogP contribution in [0.1, 0.15) is 18.9 Å². The third kappa shape index (κ3) is 3.58. The number of hydrogen-bond donors (Lipinski definition) is 1. The topological polar surface area (TPSA) is 39.1 Å². The zero-order chi connectivity index (χ0) is 13.5. The smallest absolute Gasteiger partial charge is 0.144 e. The molecule has 1 aromatic heterocycles. The van der Waals surface area contributed by atoms with Crippen molar-refractivity contribution in [2.24, 2.45) is 0 Å². The van der Waals surface area contributed by atoms with Crippen LogP contribution < -0.4 is 10.1 Å². The Morgan fingerprint density at radius 2 is 2.16 bits per heavy atom. The van der Waals surface area contributed by atoms with E-state index in [1.807, 2.05) is 35.1 Å². The lowest BCUT2D eigenvalue weighted by atomic mass is 10.2. The summed E-state index contributed by atoms with van der Waals surface area (Å²) >= 11 is 0. The monoisotopic (exact) mass is 259 g/mol. The summed E-state index contributed by atoms with van der Waals surface area (Å²) in [6.07, 6.45) is 6.18. The summed E-state index contributed by atoms with van der Waals surface area (Å²) in [5.41, 5.74) is 2.23. The van der Waals surface area contributed by atoms with E-state index in [9.17, 15) is 0 Å². The molecule has 0 atom stereocenters. The third-order valence-electron chi connectivity index (χ3n) is 3.04. The van der Waals surface area contributed by atoms with Crippen LogP contribution in [0.4, 0.5) is 0 Å². The van der Waals surface area contributed by atoms with Crippen molar-refractivity contribution in [3.63, 3.8) is 0 Å². The molecule has 1 aromatic carbocycles. The summed E-state index contributed by atoms with van der Waals surface area (Å²) in [5.74, 6) is 0.838. The van der Waals surface area contributed by atoms with Crippen molar-refractivity contribution in [1.29, 1.82) is 0 Å². The number of ether oxygens (including phenoxy) is 1. The first-order valence-corrected chi connectivity index (χ1v) is 6.72. The molecule has 0 fully saturated rings. The van der Waals surface area contributed by atoms with E-state index in [0.29, 0.717) is 0 Å². The Labute approximate surface area is 114 Å². The van der Waals surface area contributed by atoms with Gasteiger partial charge in [0.1, 0.15) is 11.4 Å². The van der Waals surface area contributed by atoms with Crippen LogP contribution in [0.2, 0.25) is 0 Å². The molecule has 4 heteroatoms. The molecule has 0 aliphatic rings. The maximum absolute atomic E-state index is 5.35. The molecule has 2 rings (SSSR count). The molecule has 0 spiro atoms. The van der Waals surface area contributed by atoms with Gasteiger partial charge >= 0.3 is 0 Å². The SMILES string of the molecule is CCNCCCc1cnn(-c2ccccc2OC)c1. The van der Waals surface area contributed by atoms with Crippen LogP contribution in [0, 0.1) is 0 Å². The van der Waals surface area contributed by atoms with E-state index in [0.717, 1.165) is 37.4 Å². The van der Waals surface area contributed by atoms with Gasteiger partial charge in [-0.25, -0.2) is 4.68 Å². The maximum atomic E-state index is 5.35. The second-order valence-electron chi connectivity index (χ2n) is 4.42. The van der Waals surface area contributed by atoms with Crippen LogP contribution >= 0.6 is 0 Å². The second-order valence-corrected chi connectivity index (χ2v) is 4.42. The molecule has 0 amide bonds. The Morgan fingerprint density at radius 1 is 1.32 bits per heavy atom. The van der Waals surface area contributed by atoms with E-state index in [1.165, 1.54) is 5.56 Å². The zero-order valence-electron chi connectivity index (χ0n) is 11.6. The highest BCUT2D eigenvalue weighted by atomic mass is 16.5. The van der Waals surface area contributed by atoms with Crippen LogP contribution in [-0.4, -0.2) is 30.0 Å². The fourth-order valence-electron chi connectivity index (χ4n) is 2.03. The van der Waals surface area contributed by atoms with Gasteiger partial charge in [0.15, 0.2) is 0 Å². The van der Waals surface area contributed by atoms with Crippen LogP contribution in [0.3, 0.4) is 0 Å². The number of rotatable bonds is 7. The van der Waals surface area contributed by atoms with Gasteiger partial charge in [-0.15, -0.1) is 0 Å². The van der Waals surface area contributed by atoms with Gasteiger partial charge in [-0.3, -0.25) is 0 Å². The Balaban J connectivity index is 2.04. The Kier molecular flexibility index (Phi) is 4.98. The maximum Gasteiger partial charge on any atom is 0.144 e. The van der Waals surface area contributed by atoms with Crippen molar-refractivity contribution in [3.05, 3.63) is 42.2 Å². The van der Waals surface area contributed by atoms with Crippen molar-refractivity contribution >= 4 is 0 Å². The molecule has 0 unspecified atom stereocenters. The molecular weight excluding hydrogens is 238 g/mol. The molecule has 1 heterocycles. The molecule has 0 bridgehead atoms. The molecule has 19 heavy (non-hydrogen) atoms. The number of nitrogens with zero attached hydrogens (tertiary/aromatic N) is 2. The van der Waals surface area contributed by atoms with Gasteiger partial charge in [-0.05, 0) is 43.6 Å².